The second kappa shape index (κ2) is 17.8. The quantitative estimate of drug-likeness (QED) is 0.124. The van der Waals surface area contributed by atoms with Gasteiger partial charge in [-0.25, -0.2) is 0 Å². The van der Waals surface area contributed by atoms with Crippen molar-refractivity contribution in [2.45, 2.75) is 19.4 Å². The summed E-state index contributed by atoms with van der Waals surface area (Å²) in [6.07, 6.45) is 14.1. The van der Waals surface area contributed by atoms with Crippen LogP contribution in [0.1, 0.15) is 23.1 Å². The fourth-order valence-electron chi connectivity index (χ4n) is 10.7. The van der Waals surface area contributed by atoms with E-state index in [1.807, 2.05) is 12.2 Å². The molecule has 0 saturated carbocycles. The highest BCUT2D eigenvalue weighted by atomic mass is 15.2. The minimum Gasteiger partial charge on any atom is -0.334 e. The third kappa shape index (κ3) is 7.57. The van der Waals surface area contributed by atoms with Gasteiger partial charge in [-0.2, -0.15) is 0 Å². The number of allylic oxidation sites excluding steroid dienone is 4. The fraction of sp³-hybridized carbons (Fsp3) is 0.0448. The van der Waals surface area contributed by atoms with Crippen LogP contribution in [0, 0.1) is 6.92 Å². The minimum absolute atomic E-state index is 0.0570. The van der Waals surface area contributed by atoms with Gasteiger partial charge in [0.15, 0.2) is 0 Å². The molecule has 2 heteroatoms. The Kier molecular flexibility index (Phi) is 10.8. The highest BCUT2D eigenvalue weighted by molar-refractivity contribution is 6.19. The normalized spacial score (nSPS) is 13.7. The minimum atomic E-state index is 0.0570. The van der Waals surface area contributed by atoms with Crippen LogP contribution in [0.4, 0.5) is 11.4 Å². The number of hydrogen-bond acceptors (Lipinski definition) is 1. The molecule has 0 bridgehead atoms. The van der Waals surface area contributed by atoms with E-state index < -0.39 is 0 Å². The summed E-state index contributed by atoms with van der Waals surface area (Å²) >= 11 is 0. The van der Waals surface area contributed by atoms with Crippen molar-refractivity contribution >= 4 is 66.4 Å². The van der Waals surface area contributed by atoms with E-state index in [2.05, 4.69) is 266 Å². The molecule has 1 unspecified atom stereocenters. The SMILES string of the molecule is C=C/C=C\c1c(C)c(-c2ccc(N(c3cccc(-c4ccccc4)c3)C3C=CC(c4cc(-c5ccccc5)ccc4-n4c5ccccc5c5ccc6ccccc6c54)=CC3)cc2)cc2ccccc12. The van der Waals surface area contributed by atoms with E-state index in [4.69, 9.17) is 0 Å². The van der Waals surface area contributed by atoms with Gasteiger partial charge >= 0.3 is 0 Å². The Labute approximate surface area is 404 Å². The van der Waals surface area contributed by atoms with Crippen molar-refractivity contribution in [2.24, 2.45) is 0 Å². The van der Waals surface area contributed by atoms with Crippen LogP contribution in [0.15, 0.2) is 255 Å². The van der Waals surface area contributed by atoms with Crippen LogP contribution in [-0.4, -0.2) is 10.6 Å². The van der Waals surface area contributed by atoms with Crippen LogP contribution >= 0.6 is 0 Å². The molecule has 12 rings (SSSR count). The van der Waals surface area contributed by atoms with Crippen molar-refractivity contribution in [1.29, 1.82) is 0 Å². The molecular formula is C67H50N2. The van der Waals surface area contributed by atoms with Crippen LogP contribution in [0.2, 0.25) is 0 Å². The zero-order valence-electron chi connectivity index (χ0n) is 38.6. The number of anilines is 2. The molecule has 0 aliphatic heterocycles. The Bertz CT molecular complexity index is 3830. The van der Waals surface area contributed by atoms with E-state index in [1.54, 1.807) is 0 Å². The van der Waals surface area contributed by atoms with Gasteiger partial charge in [0.1, 0.15) is 0 Å². The predicted molar refractivity (Wildman–Crippen MR) is 297 cm³/mol. The molecule has 11 aromatic rings. The Morgan fingerprint density at radius 1 is 0.507 bits per heavy atom. The van der Waals surface area contributed by atoms with Crippen molar-refractivity contribution in [1.82, 2.24) is 4.57 Å². The molecule has 328 valence electrons. The number of aromatic nitrogens is 1. The smallest absolute Gasteiger partial charge is 0.0619 e. The maximum Gasteiger partial charge on any atom is 0.0619 e. The fourth-order valence-corrected chi connectivity index (χ4v) is 10.7. The topological polar surface area (TPSA) is 8.17 Å². The third-order valence-corrected chi connectivity index (χ3v) is 14.1. The number of benzene rings is 10. The van der Waals surface area contributed by atoms with Gasteiger partial charge in [0.25, 0.3) is 0 Å². The zero-order chi connectivity index (χ0) is 46.3. The van der Waals surface area contributed by atoms with Crippen molar-refractivity contribution in [3.63, 3.8) is 0 Å². The lowest BCUT2D eigenvalue weighted by Gasteiger charge is -2.34. The summed E-state index contributed by atoms with van der Waals surface area (Å²) in [5, 5.41) is 7.47. The molecule has 0 spiro atoms. The van der Waals surface area contributed by atoms with Crippen LogP contribution in [0.25, 0.3) is 94.1 Å². The molecule has 0 radical (unpaired) electrons. The van der Waals surface area contributed by atoms with E-state index in [-0.39, 0.29) is 6.04 Å². The first-order valence-electron chi connectivity index (χ1n) is 24.0. The van der Waals surface area contributed by atoms with E-state index in [0.717, 1.165) is 17.8 Å². The maximum atomic E-state index is 3.95. The lowest BCUT2D eigenvalue weighted by molar-refractivity contribution is 0.787. The van der Waals surface area contributed by atoms with E-state index in [9.17, 15) is 0 Å². The third-order valence-electron chi connectivity index (χ3n) is 14.1. The molecule has 69 heavy (non-hydrogen) atoms. The monoisotopic (exact) mass is 882 g/mol. The molecule has 0 N–H and O–H groups in total. The van der Waals surface area contributed by atoms with Crippen LogP contribution < -0.4 is 4.90 Å². The number of para-hydroxylation sites is 1. The maximum absolute atomic E-state index is 3.95. The summed E-state index contributed by atoms with van der Waals surface area (Å²) in [6.45, 7) is 6.19. The highest BCUT2D eigenvalue weighted by Gasteiger charge is 2.24. The molecule has 1 aliphatic rings. The van der Waals surface area contributed by atoms with Gasteiger partial charge in [-0.1, -0.05) is 213 Å². The van der Waals surface area contributed by atoms with Crippen LogP contribution in [-0.2, 0) is 0 Å². The van der Waals surface area contributed by atoms with Gasteiger partial charge in [0, 0.05) is 33.1 Å². The van der Waals surface area contributed by atoms with Gasteiger partial charge < -0.3 is 9.47 Å². The van der Waals surface area contributed by atoms with Gasteiger partial charge in [0.2, 0.25) is 0 Å². The number of hydrogen-bond donors (Lipinski definition) is 0. The molecule has 0 saturated heterocycles. The number of rotatable bonds is 10. The first-order chi connectivity index (χ1) is 34.1. The van der Waals surface area contributed by atoms with Crippen LogP contribution in [0.5, 0.6) is 0 Å². The largest absolute Gasteiger partial charge is 0.334 e. The number of nitrogens with zero attached hydrogens (tertiary/aromatic N) is 2. The summed E-state index contributed by atoms with van der Waals surface area (Å²) < 4.78 is 2.51. The summed E-state index contributed by atoms with van der Waals surface area (Å²) in [4.78, 5) is 2.52. The average molecular weight is 883 g/mol. The molecule has 1 aromatic heterocycles. The summed E-state index contributed by atoms with van der Waals surface area (Å²) in [5.74, 6) is 0. The Morgan fingerprint density at radius 2 is 1.16 bits per heavy atom. The molecular weight excluding hydrogens is 833 g/mol. The van der Waals surface area contributed by atoms with Crippen molar-refractivity contribution in [2.75, 3.05) is 4.90 Å². The Hall–Kier alpha value is -8.72. The van der Waals surface area contributed by atoms with Crippen molar-refractivity contribution in [3.8, 4) is 39.1 Å². The Morgan fingerprint density at radius 3 is 1.90 bits per heavy atom. The summed E-state index contributed by atoms with van der Waals surface area (Å²) in [5.41, 5.74) is 18.0. The second-order valence-electron chi connectivity index (χ2n) is 18.1. The van der Waals surface area contributed by atoms with Crippen molar-refractivity contribution < 1.29 is 0 Å². The van der Waals surface area contributed by atoms with E-state index in [1.165, 1.54) is 105 Å². The van der Waals surface area contributed by atoms with Gasteiger partial charge in [-0.05, 0) is 128 Å². The Balaban J connectivity index is 0.981. The summed E-state index contributed by atoms with van der Waals surface area (Å²) in [6, 6.07) is 80.0. The molecule has 1 atom stereocenters. The molecule has 10 aromatic carbocycles. The standard InChI is InChI=1S/C67H50N2/c1-3-4-26-58-46(2)63(45-54-23-12-13-27-59(54)58)50-31-37-55(38-32-50)68(57-25-17-24-52(43-57)47-18-7-5-8-19-47)56-39-33-51(34-40-56)64-44-53(48-20-9-6-10-21-48)36-42-66(64)69-65-30-16-15-29-61(65)62-41-35-49-22-11-14-28-60(49)67(62)69/h3-39,41-45,56H,1,40H2,2H3/b26-4-. The van der Waals surface area contributed by atoms with Crippen LogP contribution in [0.3, 0.4) is 0 Å². The van der Waals surface area contributed by atoms with Gasteiger partial charge in [-0.15, -0.1) is 0 Å². The lowest BCUT2D eigenvalue weighted by Crippen LogP contribution is -2.30. The average Bonchev–Trinajstić information content (AvgIpc) is 3.76. The molecule has 2 nitrogen and oxygen atoms in total. The first-order valence-corrected chi connectivity index (χ1v) is 24.0. The van der Waals surface area contributed by atoms with E-state index >= 15 is 0 Å². The molecule has 0 amide bonds. The predicted octanol–water partition coefficient (Wildman–Crippen LogP) is 18.1. The number of fused-ring (bicyclic) bond motifs is 6. The lowest BCUT2D eigenvalue weighted by atomic mass is 9.90. The second-order valence-corrected chi connectivity index (χ2v) is 18.1. The zero-order valence-corrected chi connectivity index (χ0v) is 38.6. The molecule has 1 aliphatic carbocycles. The summed E-state index contributed by atoms with van der Waals surface area (Å²) in [7, 11) is 0. The van der Waals surface area contributed by atoms with Gasteiger partial charge in [-0.3, -0.25) is 0 Å². The highest BCUT2D eigenvalue weighted by Crippen LogP contribution is 2.42. The molecule has 1 heterocycles. The van der Waals surface area contributed by atoms with Crippen molar-refractivity contribution in [3.05, 3.63) is 272 Å². The van der Waals surface area contributed by atoms with Gasteiger partial charge in [0.05, 0.1) is 22.8 Å². The van der Waals surface area contributed by atoms with E-state index in [0.29, 0.717) is 0 Å². The molecule has 0 fully saturated rings. The first kappa shape index (κ1) is 41.7.